The van der Waals surface area contributed by atoms with Crippen LogP contribution in [0.25, 0.3) is 0 Å². The van der Waals surface area contributed by atoms with Crippen molar-refractivity contribution in [2.75, 3.05) is 4.90 Å². The Bertz CT molecular complexity index is 834. The Hall–Kier alpha value is -2.60. The summed E-state index contributed by atoms with van der Waals surface area (Å²) in [5, 5.41) is 3.86. The average molecular weight is 367 g/mol. The van der Waals surface area contributed by atoms with E-state index in [1.165, 1.54) is 0 Å². The van der Waals surface area contributed by atoms with E-state index in [9.17, 15) is 9.59 Å². The molecule has 0 radical (unpaired) electrons. The van der Waals surface area contributed by atoms with Gasteiger partial charge in [-0.15, -0.1) is 0 Å². The van der Waals surface area contributed by atoms with Gasteiger partial charge in [0.25, 0.3) is 5.24 Å². The molecule has 1 aliphatic heterocycles. The summed E-state index contributed by atoms with van der Waals surface area (Å²) >= 11 is 4.06. The van der Waals surface area contributed by atoms with Gasteiger partial charge in [0.15, 0.2) is 0 Å². The molecule has 0 saturated carbocycles. The Balaban J connectivity index is 1.88. The number of carbonyl (C=O) groups is 2. The number of rotatable bonds is 4. The highest BCUT2D eigenvalue weighted by Gasteiger charge is 2.23. The third-order valence-corrected chi connectivity index (χ3v) is 4.79. The molecule has 0 aliphatic carbocycles. The maximum Gasteiger partial charge on any atom is 0.283 e. The first-order valence-corrected chi connectivity index (χ1v) is 8.96. The molecule has 0 aromatic heterocycles. The van der Waals surface area contributed by atoms with Crippen LogP contribution in [0.1, 0.15) is 37.4 Å². The van der Waals surface area contributed by atoms with Gasteiger partial charge in [0.2, 0.25) is 5.91 Å². The fourth-order valence-electron chi connectivity index (χ4n) is 3.18. The van der Waals surface area contributed by atoms with E-state index in [1.807, 2.05) is 68.4 Å². The Morgan fingerprint density at radius 3 is 2.42 bits per heavy atom. The second-order valence-corrected chi connectivity index (χ2v) is 6.81. The minimum atomic E-state index is -0.315. The first-order chi connectivity index (χ1) is 12.5. The van der Waals surface area contributed by atoms with E-state index in [-0.39, 0.29) is 23.1 Å². The van der Waals surface area contributed by atoms with Crippen LogP contribution < -0.4 is 10.3 Å². The van der Waals surface area contributed by atoms with E-state index < -0.39 is 0 Å². The van der Waals surface area contributed by atoms with Crippen LogP contribution in [0.5, 0.6) is 0 Å². The van der Waals surface area contributed by atoms with Crippen molar-refractivity contribution in [3.8, 4) is 0 Å². The lowest BCUT2D eigenvalue weighted by atomic mass is 9.94. The first kappa shape index (κ1) is 18.2. The van der Waals surface area contributed by atoms with Gasteiger partial charge in [0, 0.05) is 18.0 Å². The van der Waals surface area contributed by atoms with Crippen LogP contribution in [0.15, 0.2) is 59.7 Å². The number of thiol groups is 1. The lowest BCUT2D eigenvalue weighted by molar-refractivity contribution is -0.121. The molecule has 2 atom stereocenters. The number of benzene rings is 2. The van der Waals surface area contributed by atoms with Crippen LogP contribution >= 0.6 is 12.6 Å². The predicted octanol–water partition coefficient (Wildman–Crippen LogP) is 4.16. The monoisotopic (exact) mass is 367 g/mol. The number of nitrogens with one attached hydrogen (secondary N) is 1. The fraction of sp³-hybridized carbons (Fsp3) is 0.250. The molecule has 2 aromatic carbocycles. The maximum atomic E-state index is 12.2. The molecule has 0 bridgehead atoms. The molecule has 0 fully saturated rings. The number of nitrogens with zero attached hydrogens (tertiary/aromatic N) is 2. The van der Waals surface area contributed by atoms with Crippen molar-refractivity contribution >= 4 is 35.2 Å². The third kappa shape index (κ3) is 3.80. The average Bonchev–Trinajstić information content (AvgIpc) is 2.63. The molecule has 5 nitrogen and oxygen atoms in total. The van der Waals surface area contributed by atoms with Crippen LogP contribution in [0.2, 0.25) is 0 Å². The zero-order valence-corrected chi connectivity index (χ0v) is 15.6. The molecule has 2 aromatic rings. The summed E-state index contributed by atoms with van der Waals surface area (Å²) in [5.41, 5.74) is 6.10. The standard InChI is InChI=1S/C20H21N3O2S/c1-13-12-18(24)21-22-19(13)16-8-10-17(11-9-16)23(20(25)26)14(2)15-6-4-3-5-7-15/h3-11,13-14H,12H2,1-2H3,(H,21,24)(H,25,26). The lowest BCUT2D eigenvalue weighted by Gasteiger charge is -2.28. The number of hydrogen-bond donors (Lipinski definition) is 2. The van der Waals surface area contributed by atoms with Gasteiger partial charge in [-0.1, -0.05) is 62.0 Å². The molecule has 1 heterocycles. The largest absolute Gasteiger partial charge is 0.296 e. The van der Waals surface area contributed by atoms with E-state index in [2.05, 4.69) is 23.2 Å². The fourth-order valence-corrected chi connectivity index (χ4v) is 3.46. The van der Waals surface area contributed by atoms with Crippen molar-refractivity contribution in [1.82, 2.24) is 5.43 Å². The summed E-state index contributed by atoms with van der Waals surface area (Å²) in [6.45, 7) is 3.95. The van der Waals surface area contributed by atoms with Crippen LogP contribution in [-0.2, 0) is 4.79 Å². The number of anilines is 1. The molecular weight excluding hydrogens is 346 g/mol. The number of amides is 2. The number of hydrazone groups is 1. The van der Waals surface area contributed by atoms with E-state index in [4.69, 9.17) is 0 Å². The minimum Gasteiger partial charge on any atom is -0.296 e. The highest BCUT2D eigenvalue weighted by Crippen LogP contribution is 2.29. The Morgan fingerprint density at radius 1 is 1.19 bits per heavy atom. The first-order valence-electron chi connectivity index (χ1n) is 8.51. The van der Waals surface area contributed by atoms with Crippen LogP contribution in [-0.4, -0.2) is 16.9 Å². The number of carbonyl (C=O) groups excluding carboxylic acids is 2. The summed E-state index contributed by atoms with van der Waals surface area (Å²) in [6, 6.07) is 17.3. The summed E-state index contributed by atoms with van der Waals surface area (Å²) < 4.78 is 0. The Kier molecular flexibility index (Phi) is 5.42. The van der Waals surface area contributed by atoms with Crippen molar-refractivity contribution in [1.29, 1.82) is 0 Å². The van der Waals surface area contributed by atoms with Gasteiger partial charge in [-0.25, -0.2) is 5.43 Å². The Morgan fingerprint density at radius 2 is 1.85 bits per heavy atom. The Labute approximate surface area is 158 Å². The summed E-state index contributed by atoms with van der Waals surface area (Å²) in [6.07, 6.45) is 0.423. The molecule has 1 N–H and O–H groups in total. The maximum absolute atomic E-state index is 12.2. The molecule has 134 valence electrons. The van der Waals surface area contributed by atoms with Crippen molar-refractivity contribution in [2.24, 2.45) is 11.0 Å². The smallest absolute Gasteiger partial charge is 0.283 e. The lowest BCUT2D eigenvalue weighted by Crippen LogP contribution is -2.32. The van der Waals surface area contributed by atoms with Crippen LogP contribution in [0.3, 0.4) is 0 Å². The summed E-state index contributed by atoms with van der Waals surface area (Å²) in [4.78, 5) is 25.2. The molecule has 6 heteroatoms. The predicted molar refractivity (Wildman–Crippen MR) is 107 cm³/mol. The quantitative estimate of drug-likeness (QED) is 0.797. The van der Waals surface area contributed by atoms with Gasteiger partial charge in [-0.3, -0.25) is 14.5 Å². The van der Waals surface area contributed by atoms with Gasteiger partial charge in [0.1, 0.15) is 0 Å². The molecule has 26 heavy (non-hydrogen) atoms. The van der Waals surface area contributed by atoms with E-state index in [1.54, 1.807) is 4.90 Å². The normalized spacial score (nSPS) is 17.9. The molecule has 1 aliphatic rings. The number of hydrogen-bond acceptors (Lipinski definition) is 3. The van der Waals surface area contributed by atoms with Crippen molar-refractivity contribution in [3.05, 3.63) is 65.7 Å². The van der Waals surface area contributed by atoms with Gasteiger partial charge in [0.05, 0.1) is 11.8 Å². The third-order valence-electron chi connectivity index (χ3n) is 4.58. The minimum absolute atomic E-state index is 0.0560. The van der Waals surface area contributed by atoms with Gasteiger partial charge >= 0.3 is 0 Å². The van der Waals surface area contributed by atoms with Crippen LogP contribution in [0, 0.1) is 5.92 Å². The summed E-state index contributed by atoms with van der Waals surface area (Å²) in [7, 11) is 0. The molecule has 0 spiro atoms. The van der Waals surface area contributed by atoms with E-state index >= 15 is 0 Å². The van der Waals surface area contributed by atoms with Crippen molar-refractivity contribution in [2.45, 2.75) is 26.3 Å². The SMILES string of the molecule is CC1CC(=O)NN=C1c1ccc(N(C(=O)S)C(C)c2ccccc2)cc1. The van der Waals surface area contributed by atoms with Gasteiger partial charge in [-0.2, -0.15) is 5.10 Å². The highest BCUT2D eigenvalue weighted by molar-refractivity contribution is 7.96. The van der Waals surface area contributed by atoms with Gasteiger partial charge in [-0.05, 0) is 30.2 Å². The topological polar surface area (TPSA) is 61.8 Å². The molecule has 2 amide bonds. The molecular formula is C20H21N3O2S. The second kappa shape index (κ2) is 7.74. The van der Waals surface area contributed by atoms with Crippen LogP contribution in [0.4, 0.5) is 10.5 Å². The molecule has 3 rings (SSSR count). The highest BCUT2D eigenvalue weighted by atomic mass is 32.1. The zero-order chi connectivity index (χ0) is 18.7. The van der Waals surface area contributed by atoms with Gasteiger partial charge < -0.3 is 0 Å². The zero-order valence-electron chi connectivity index (χ0n) is 14.7. The van der Waals surface area contributed by atoms with E-state index in [0.29, 0.717) is 6.42 Å². The van der Waals surface area contributed by atoms with E-state index in [0.717, 1.165) is 22.5 Å². The second-order valence-electron chi connectivity index (χ2n) is 6.42. The molecule has 2 unspecified atom stereocenters. The van der Waals surface area contributed by atoms with Crippen molar-refractivity contribution in [3.63, 3.8) is 0 Å². The molecule has 0 saturated heterocycles. The van der Waals surface area contributed by atoms with Crippen molar-refractivity contribution < 1.29 is 9.59 Å². The summed E-state index contributed by atoms with van der Waals surface area (Å²) in [5.74, 6) is -0.0122.